The molecule has 7 unspecified atom stereocenters. The van der Waals surface area contributed by atoms with Gasteiger partial charge in [0, 0.05) is 6.04 Å². The first-order valence-corrected chi connectivity index (χ1v) is 10.3. The van der Waals surface area contributed by atoms with Crippen LogP contribution in [0.1, 0.15) is 67.2 Å². The maximum absolute atomic E-state index is 3.94. The number of hydrogen-bond donors (Lipinski definition) is 1. The van der Waals surface area contributed by atoms with E-state index in [1.54, 1.807) is 5.57 Å². The fourth-order valence-corrected chi connectivity index (χ4v) is 6.49. The van der Waals surface area contributed by atoms with Gasteiger partial charge < -0.3 is 5.32 Å². The van der Waals surface area contributed by atoms with Gasteiger partial charge in [-0.3, -0.25) is 0 Å². The SMILES string of the molecule is CC1=CC(C)CC(C)C1NCC1CC1C1C(C)CC(C)CC1C. The molecule has 0 heterocycles. The first kappa shape index (κ1) is 17.5. The molecule has 3 aliphatic carbocycles. The van der Waals surface area contributed by atoms with E-state index in [4.69, 9.17) is 0 Å². The van der Waals surface area contributed by atoms with Gasteiger partial charge in [-0.1, -0.05) is 46.3 Å². The van der Waals surface area contributed by atoms with E-state index in [-0.39, 0.29) is 0 Å². The number of nitrogens with one attached hydrogen (secondary N) is 1. The molecule has 0 bridgehead atoms. The summed E-state index contributed by atoms with van der Waals surface area (Å²) in [6.07, 6.45) is 8.25. The van der Waals surface area contributed by atoms with Gasteiger partial charge in [0.2, 0.25) is 0 Å². The molecule has 1 N–H and O–H groups in total. The van der Waals surface area contributed by atoms with Crippen molar-refractivity contribution in [2.45, 2.75) is 73.3 Å². The predicted octanol–water partition coefficient (Wildman–Crippen LogP) is 5.52. The lowest BCUT2D eigenvalue weighted by Gasteiger charge is -2.39. The second-order valence-electron chi connectivity index (χ2n) is 9.76. The van der Waals surface area contributed by atoms with Crippen LogP contribution < -0.4 is 5.32 Å². The van der Waals surface area contributed by atoms with Crippen LogP contribution in [0.3, 0.4) is 0 Å². The molecule has 3 rings (SSSR count). The van der Waals surface area contributed by atoms with Crippen molar-refractivity contribution < 1.29 is 0 Å². The molecule has 0 saturated heterocycles. The zero-order chi connectivity index (χ0) is 16.7. The van der Waals surface area contributed by atoms with Crippen molar-refractivity contribution in [1.82, 2.24) is 5.32 Å². The summed E-state index contributed by atoms with van der Waals surface area (Å²) in [7, 11) is 0. The van der Waals surface area contributed by atoms with Crippen LogP contribution in [0.2, 0.25) is 0 Å². The summed E-state index contributed by atoms with van der Waals surface area (Å²) >= 11 is 0. The number of hydrogen-bond acceptors (Lipinski definition) is 1. The Balaban J connectivity index is 1.51. The molecule has 0 aliphatic heterocycles. The Morgan fingerprint density at radius 2 is 1.57 bits per heavy atom. The van der Waals surface area contributed by atoms with Crippen molar-refractivity contribution in [3.8, 4) is 0 Å². The molecule has 0 aromatic heterocycles. The molecule has 3 aliphatic rings. The normalized spacial score (nSPS) is 50.5. The monoisotopic (exact) mass is 317 g/mol. The van der Waals surface area contributed by atoms with E-state index in [1.807, 2.05) is 0 Å². The Labute approximate surface area is 144 Å². The molecule has 2 fully saturated rings. The molecule has 0 spiro atoms. The lowest BCUT2D eigenvalue weighted by molar-refractivity contribution is 0.111. The van der Waals surface area contributed by atoms with Gasteiger partial charge in [0.15, 0.2) is 0 Å². The van der Waals surface area contributed by atoms with E-state index in [0.717, 1.165) is 47.3 Å². The summed E-state index contributed by atoms with van der Waals surface area (Å²) in [5.41, 5.74) is 1.58. The molecule has 0 aromatic carbocycles. The second kappa shape index (κ2) is 6.90. The zero-order valence-corrected chi connectivity index (χ0v) is 16.3. The van der Waals surface area contributed by atoms with Crippen molar-refractivity contribution in [1.29, 1.82) is 0 Å². The smallest absolute Gasteiger partial charge is 0.0302 e. The lowest BCUT2D eigenvalue weighted by atomic mass is 9.67. The summed E-state index contributed by atoms with van der Waals surface area (Å²) in [5.74, 6) is 7.37. The topological polar surface area (TPSA) is 12.0 Å². The van der Waals surface area contributed by atoms with Gasteiger partial charge in [-0.15, -0.1) is 0 Å². The molecule has 1 nitrogen and oxygen atoms in total. The van der Waals surface area contributed by atoms with Crippen molar-refractivity contribution in [2.24, 2.45) is 47.3 Å². The van der Waals surface area contributed by atoms with Gasteiger partial charge in [0.25, 0.3) is 0 Å². The van der Waals surface area contributed by atoms with Crippen LogP contribution in [0.15, 0.2) is 11.6 Å². The minimum atomic E-state index is 0.633. The van der Waals surface area contributed by atoms with E-state index < -0.39 is 0 Å². The Bertz CT molecular complexity index is 427. The Morgan fingerprint density at radius 1 is 0.913 bits per heavy atom. The molecule has 1 heteroatoms. The van der Waals surface area contributed by atoms with Crippen molar-refractivity contribution in [3.63, 3.8) is 0 Å². The molecule has 0 radical (unpaired) electrons. The van der Waals surface area contributed by atoms with Crippen LogP contribution >= 0.6 is 0 Å². The predicted molar refractivity (Wildman–Crippen MR) is 100 cm³/mol. The molecule has 2 saturated carbocycles. The van der Waals surface area contributed by atoms with Crippen LogP contribution in [-0.2, 0) is 0 Å². The van der Waals surface area contributed by atoms with Crippen molar-refractivity contribution in [3.05, 3.63) is 11.6 Å². The number of rotatable bonds is 4. The van der Waals surface area contributed by atoms with Gasteiger partial charge in [-0.05, 0) is 86.5 Å². The Hall–Kier alpha value is -0.300. The van der Waals surface area contributed by atoms with E-state index in [2.05, 4.69) is 52.9 Å². The van der Waals surface area contributed by atoms with Crippen LogP contribution in [0, 0.1) is 47.3 Å². The Kier molecular flexibility index (Phi) is 5.26. The van der Waals surface area contributed by atoms with E-state index in [1.165, 1.54) is 32.2 Å². The van der Waals surface area contributed by atoms with Crippen molar-refractivity contribution in [2.75, 3.05) is 6.54 Å². The summed E-state index contributed by atoms with van der Waals surface area (Å²) < 4.78 is 0. The first-order valence-electron chi connectivity index (χ1n) is 10.3. The van der Waals surface area contributed by atoms with Gasteiger partial charge in [-0.25, -0.2) is 0 Å². The van der Waals surface area contributed by atoms with E-state index in [0.29, 0.717) is 6.04 Å². The molecule has 132 valence electrons. The van der Waals surface area contributed by atoms with Crippen molar-refractivity contribution >= 4 is 0 Å². The fourth-order valence-electron chi connectivity index (χ4n) is 6.49. The fraction of sp³-hybridized carbons (Fsp3) is 0.909. The minimum Gasteiger partial charge on any atom is -0.310 e. The summed E-state index contributed by atoms with van der Waals surface area (Å²) in [5, 5.41) is 3.94. The summed E-state index contributed by atoms with van der Waals surface area (Å²) in [4.78, 5) is 0. The molecular formula is C22H39N. The molecule has 0 amide bonds. The highest BCUT2D eigenvalue weighted by Gasteiger charge is 2.48. The maximum Gasteiger partial charge on any atom is 0.0302 e. The average Bonchev–Trinajstić information content (AvgIpc) is 3.15. The molecule has 0 aromatic rings. The first-order chi connectivity index (χ1) is 10.9. The van der Waals surface area contributed by atoms with Crippen LogP contribution in [-0.4, -0.2) is 12.6 Å². The van der Waals surface area contributed by atoms with Gasteiger partial charge in [0.1, 0.15) is 0 Å². The second-order valence-corrected chi connectivity index (χ2v) is 9.76. The number of allylic oxidation sites excluding steroid dienone is 1. The Morgan fingerprint density at radius 3 is 2.17 bits per heavy atom. The maximum atomic E-state index is 3.94. The standard InChI is InChI=1S/C22H39N/c1-13-7-15(3)21(16(4)8-13)20-11-19(20)12-23-22-17(5)9-14(2)10-18(22)6/h9,13-16,18-23H,7-8,10-12H2,1-6H3. The molecule has 23 heavy (non-hydrogen) atoms. The van der Waals surface area contributed by atoms with Gasteiger partial charge in [-0.2, -0.15) is 0 Å². The highest BCUT2D eigenvalue weighted by molar-refractivity contribution is 5.15. The van der Waals surface area contributed by atoms with Crippen LogP contribution in [0.5, 0.6) is 0 Å². The zero-order valence-electron chi connectivity index (χ0n) is 16.3. The van der Waals surface area contributed by atoms with E-state index >= 15 is 0 Å². The molecular weight excluding hydrogens is 278 g/mol. The third kappa shape index (κ3) is 3.86. The van der Waals surface area contributed by atoms with Gasteiger partial charge in [0.05, 0.1) is 0 Å². The highest BCUT2D eigenvalue weighted by atomic mass is 14.9. The van der Waals surface area contributed by atoms with Crippen LogP contribution in [0.25, 0.3) is 0 Å². The third-order valence-electron chi connectivity index (χ3n) is 7.28. The van der Waals surface area contributed by atoms with Crippen LogP contribution in [0.4, 0.5) is 0 Å². The average molecular weight is 318 g/mol. The largest absolute Gasteiger partial charge is 0.310 e. The lowest BCUT2D eigenvalue weighted by Crippen LogP contribution is -2.40. The highest BCUT2D eigenvalue weighted by Crippen LogP contribution is 2.54. The summed E-state index contributed by atoms with van der Waals surface area (Å²) in [6.45, 7) is 15.9. The third-order valence-corrected chi connectivity index (χ3v) is 7.28. The van der Waals surface area contributed by atoms with Gasteiger partial charge >= 0.3 is 0 Å². The quantitative estimate of drug-likeness (QED) is 0.673. The molecule has 7 atom stereocenters. The summed E-state index contributed by atoms with van der Waals surface area (Å²) in [6, 6.07) is 0.633. The van der Waals surface area contributed by atoms with E-state index in [9.17, 15) is 0 Å². The minimum absolute atomic E-state index is 0.633.